The first-order chi connectivity index (χ1) is 22.4. The Balaban J connectivity index is 1.47. The van der Waals surface area contributed by atoms with E-state index in [1.165, 1.54) is 44.8 Å². The van der Waals surface area contributed by atoms with Crippen LogP contribution in [0, 0.1) is 20.8 Å². The first-order valence-electron chi connectivity index (χ1n) is 16.3. The third-order valence-electron chi connectivity index (χ3n) is 9.31. The van der Waals surface area contributed by atoms with Crippen LogP contribution in [0.5, 0.6) is 11.5 Å². The second-order valence-electron chi connectivity index (χ2n) is 12.4. The van der Waals surface area contributed by atoms with Gasteiger partial charge in [0.15, 0.2) is 11.5 Å². The van der Waals surface area contributed by atoms with Crippen molar-refractivity contribution in [3.05, 3.63) is 156 Å². The van der Waals surface area contributed by atoms with Crippen molar-refractivity contribution in [1.82, 2.24) is 0 Å². The summed E-state index contributed by atoms with van der Waals surface area (Å²) < 4.78 is 6.54. The van der Waals surface area contributed by atoms with E-state index < -0.39 is 0 Å². The number of hydrogen-bond acceptors (Lipinski definition) is 3. The Bertz CT molecular complexity index is 2020. The standard InChI is InChI=1S/C43H40N2O/c1-6-29(2)37-25-31(4)35(27-40(37)44(33-18-9-7-10-19-33)38-22-14-13-17-30(38)3)36-28-41-43(26-32(36)5)46-42-24-16-15-23-39(42)45(41)34-20-11-8-12-21-34/h7-29H,6H2,1-5H3. The van der Waals surface area contributed by atoms with Crippen LogP contribution in [-0.2, 0) is 0 Å². The van der Waals surface area contributed by atoms with Gasteiger partial charge in [0.1, 0.15) is 0 Å². The Hall–Kier alpha value is -5.28. The van der Waals surface area contributed by atoms with Gasteiger partial charge in [0.05, 0.1) is 17.1 Å². The molecule has 0 fully saturated rings. The summed E-state index contributed by atoms with van der Waals surface area (Å²) in [5, 5.41) is 0. The van der Waals surface area contributed by atoms with Crippen LogP contribution in [-0.4, -0.2) is 0 Å². The van der Waals surface area contributed by atoms with Gasteiger partial charge in [0, 0.05) is 17.1 Å². The minimum atomic E-state index is 0.390. The predicted octanol–water partition coefficient (Wildman–Crippen LogP) is 12.8. The smallest absolute Gasteiger partial charge is 0.151 e. The quantitative estimate of drug-likeness (QED) is 0.181. The van der Waals surface area contributed by atoms with Gasteiger partial charge in [0.25, 0.3) is 0 Å². The van der Waals surface area contributed by atoms with Crippen molar-refractivity contribution in [3.63, 3.8) is 0 Å². The molecule has 0 saturated heterocycles. The molecule has 6 aromatic carbocycles. The van der Waals surface area contributed by atoms with Gasteiger partial charge in [-0.25, -0.2) is 0 Å². The van der Waals surface area contributed by atoms with Crippen LogP contribution in [0.2, 0.25) is 0 Å². The molecule has 6 aromatic rings. The lowest BCUT2D eigenvalue weighted by Crippen LogP contribution is -2.16. The summed E-state index contributed by atoms with van der Waals surface area (Å²) in [5.41, 5.74) is 14.2. The zero-order chi connectivity index (χ0) is 31.8. The molecule has 1 aliphatic heterocycles. The third-order valence-corrected chi connectivity index (χ3v) is 9.31. The molecular weight excluding hydrogens is 560 g/mol. The number of fused-ring (bicyclic) bond motifs is 2. The highest BCUT2D eigenvalue weighted by molar-refractivity contribution is 5.91. The van der Waals surface area contributed by atoms with E-state index in [1.807, 2.05) is 12.1 Å². The monoisotopic (exact) mass is 600 g/mol. The van der Waals surface area contributed by atoms with Crippen LogP contribution in [0.25, 0.3) is 11.1 Å². The summed E-state index contributed by atoms with van der Waals surface area (Å²) in [6.45, 7) is 11.3. The normalized spacial score (nSPS) is 12.6. The lowest BCUT2D eigenvalue weighted by molar-refractivity contribution is 0.476. The van der Waals surface area contributed by atoms with E-state index in [-0.39, 0.29) is 0 Å². The van der Waals surface area contributed by atoms with Crippen LogP contribution < -0.4 is 14.5 Å². The number of benzene rings is 6. The zero-order valence-electron chi connectivity index (χ0n) is 27.3. The molecule has 0 amide bonds. The van der Waals surface area contributed by atoms with E-state index in [2.05, 4.69) is 166 Å². The molecule has 0 N–H and O–H groups in total. The Kier molecular flexibility index (Phi) is 7.84. The molecule has 0 aromatic heterocycles. The fourth-order valence-electron chi connectivity index (χ4n) is 6.66. The lowest BCUT2D eigenvalue weighted by Gasteiger charge is -2.34. The number of para-hydroxylation sites is 5. The van der Waals surface area contributed by atoms with Crippen LogP contribution in [0.1, 0.15) is 48.4 Å². The minimum Gasteiger partial charge on any atom is -0.453 e. The number of ether oxygens (including phenoxy) is 1. The SMILES string of the molecule is CCC(C)c1cc(C)c(-c2cc3c(cc2C)Oc2ccccc2N3c2ccccc2)cc1N(c1ccccc1)c1ccccc1C. The van der Waals surface area contributed by atoms with E-state index in [9.17, 15) is 0 Å². The molecule has 7 rings (SSSR count). The molecule has 1 unspecified atom stereocenters. The van der Waals surface area contributed by atoms with Gasteiger partial charge < -0.3 is 14.5 Å². The topological polar surface area (TPSA) is 15.7 Å². The Morgan fingerprint density at radius 2 is 1.22 bits per heavy atom. The van der Waals surface area contributed by atoms with Crippen molar-refractivity contribution in [1.29, 1.82) is 0 Å². The summed E-state index contributed by atoms with van der Waals surface area (Å²) in [6, 6.07) is 47.7. The molecule has 1 atom stereocenters. The first-order valence-corrected chi connectivity index (χ1v) is 16.3. The fraction of sp³-hybridized carbons (Fsp3) is 0.163. The Morgan fingerprint density at radius 3 is 1.96 bits per heavy atom. The zero-order valence-corrected chi connectivity index (χ0v) is 27.3. The van der Waals surface area contributed by atoms with Crippen molar-refractivity contribution in [3.8, 4) is 22.6 Å². The van der Waals surface area contributed by atoms with E-state index in [4.69, 9.17) is 4.74 Å². The van der Waals surface area contributed by atoms with Crippen molar-refractivity contribution >= 4 is 34.1 Å². The van der Waals surface area contributed by atoms with Crippen molar-refractivity contribution in [2.24, 2.45) is 0 Å². The maximum atomic E-state index is 6.54. The summed E-state index contributed by atoms with van der Waals surface area (Å²) >= 11 is 0. The average molecular weight is 601 g/mol. The summed E-state index contributed by atoms with van der Waals surface area (Å²) in [7, 11) is 0. The van der Waals surface area contributed by atoms with Crippen molar-refractivity contribution in [2.75, 3.05) is 9.80 Å². The molecule has 3 heteroatoms. The number of nitrogens with zero attached hydrogens (tertiary/aromatic N) is 2. The molecule has 0 aliphatic carbocycles. The number of hydrogen-bond donors (Lipinski definition) is 0. The van der Waals surface area contributed by atoms with Gasteiger partial charge >= 0.3 is 0 Å². The highest BCUT2D eigenvalue weighted by Crippen LogP contribution is 2.53. The Labute approximate surface area is 273 Å². The average Bonchev–Trinajstić information content (AvgIpc) is 3.09. The fourth-order valence-corrected chi connectivity index (χ4v) is 6.66. The van der Waals surface area contributed by atoms with E-state index in [0.29, 0.717) is 5.92 Å². The highest BCUT2D eigenvalue weighted by atomic mass is 16.5. The molecule has 0 radical (unpaired) electrons. The van der Waals surface area contributed by atoms with Crippen LogP contribution in [0.15, 0.2) is 133 Å². The summed E-state index contributed by atoms with van der Waals surface area (Å²) in [4.78, 5) is 4.77. The largest absolute Gasteiger partial charge is 0.453 e. The van der Waals surface area contributed by atoms with Gasteiger partial charge in [-0.05, 0) is 127 Å². The van der Waals surface area contributed by atoms with Crippen LogP contribution in [0.4, 0.5) is 34.1 Å². The van der Waals surface area contributed by atoms with E-state index in [1.54, 1.807) is 0 Å². The summed E-state index contributed by atoms with van der Waals surface area (Å²) in [6.07, 6.45) is 1.06. The van der Waals surface area contributed by atoms with Crippen molar-refractivity contribution in [2.45, 2.75) is 47.0 Å². The van der Waals surface area contributed by atoms with Gasteiger partial charge in [-0.3, -0.25) is 0 Å². The first kappa shape index (κ1) is 29.4. The molecular formula is C43H40N2O. The maximum absolute atomic E-state index is 6.54. The van der Waals surface area contributed by atoms with Gasteiger partial charge in [-0.2, -0.15) is 0 Å². The molecule has 46 heavy (non-hydrogen) atoms. The molecule has 3 nitrogen and oxygen atoms in total. The summed E-state index contributed by atoms with van der Waals surface area (Å²) in [5.74, 6) is 2.11. The number of aryl methyl sites for hydroxylation is 3. The van der Waals surface area contributed by atoms with Crippen LogP contribution >= 0.6 is 0 Å². The maximum Gasteiger partial charge on any atom is 0.151 e. The molecule has 1 aliphatic rings. The van der Waals surface area contributed by atoms with Crippen molar-refractivity contribution < 1.29 is 4.74 Å². The number of anilines is 6. The molecule has 0 spiro atoms. The molecule has 1 heterocycles. The lowest BCUT2D eigenvalue weighted by atomic mass is 9.88. The van der Waals surface area contributed by atoms with Gasteiger partial charge in [0.2, 0.25) is 0 Å². The predicted molar refractivity (Wildman–Crippen MR) is 194 cm³/mol. The minimum absolute atomic E-state index is 0.390. The third kappa shape index (κ3) is 5.22. The second-order valence-corrected chi connectivity index (χ2v) is 12.4. The van der Waals surface area contributed by atoms with Crippen LogP contribution in [0.3, 0.4) is 0 Å². The van der Waals surface area contributed by atoms with Gasteiger partial charge in [-0.15, -0.1) is 0 Å². The highest BCUT2D eigenvalue weighted by Gasteiger charge is 2.28. The Morgan fingerprint density at radius 1 is 0.587 bits per heavy atom. The van der Waals surface area contributed by atoms with E-state index >= 15 is 0 Å². The number of rotatable bonds is 7. The van der Waals surface area contributed by atoms with Gasteiger partial charge in [-0.1, -0.05) is 86.6 Å². The molecule has 228 valence electrons. The molecule has 0 bridgehead atoms. The molecule has 0 saturated carbocycles. The van der Waals surface area contributed by atoms with E-state index in [0.717, 1.165) is 40.7 Å². The second kappa shape index (κ2) is 12.3.